The van der Waals surface area contributed by atoms with Gasteiger partial charge in [0.25, 0.3) is 0 Å². The number of benzene rings is 1. The Hall–Kier alpha value is -0.563. The van der Waals surface area contributed by atoms with Crippen molar-refractivity contribution in [2.75, 3.05) is 0 Å². The molecule has 82 valence electrons. The molecule has 15 heavy (non-hydrogen) atoms. The Morgan fingerprint density at radius 3 is 2.27 bits per heavy atom. The van der Waals surface area contributed by atoms with E-state index in [-0.39, 0.29) is 0 Å². The van der Waals surface area contributed by atoms with Crippen molar-refractivity contribution >= 4 is 14.7 Å². The van der Waals surface area contributed by atoms with Crippen LogP contribution < -0.4 is 5.19 Å². The lowest BCUT2D eigenvalue weighted by Gasteiger charge is -2.00. The summed E-state index contributed by atoms with van der Waals surface area (Å²) in [5.41, 5.74) is 0. The molecule has 0 saturated heterocycles. The van der Waals surface area contributed by atoms with Crippen molar-refractivity contribution in [3.63, 3.8) is 0 Å². The maximum absolute atomic E-state index is 2.27. The van der Waals surface area contributed by atoms with Gasteiger partial charge in [-0.2, -0.15) is 0 Å². The number of hydrogen-bond donors (Lipinski definition) is 0. The molecule has 0 heterocycles. The molecular formula is C14H22Si. The van der Waals surface area contributed by atoms with Gasteiger partial charge in [-0.25, -0.2) is 0 Å². The zero-order valence-electron chi connectivity index (χ0n) is 9.84. The van der Waals surface area contributed by atoms with Crippen molar-refractivity contribution in [1.29, 1.82) is 0 Å². The third kappa shape index (κ3) is 6.51. The van der Waals surface area contributed by atoms with Crippen LogP contribution in [-0.2, 0) is 0 Å². The van der Waals surface area contributed by atoms with E-state index in [1.807, 2.05) is 0 Å². The van der Waals surface area contributed by atoms with Gasteiger partial charge in [0.2, 0.25) is 0 Å². The first-order chi connectivity index (χ1) is 7.43. The molecule has 0 aliphatic rings. The van der Waals surface area contributed by atoms with Crippen LogP contribution in [0.3, 0.4) is 0 Å². The van der Waals surface area contributed by atoms with Crippen molar-refractivity contribution < 1.29 is 0 Å². The smallest absolute Gasteiger partial charge is 0.0654 e. The van der Waals surface area contributed by atoms with Crippen molar-refractivity contribution in [1.82, 2.24) is 0 Å². The molecule has 0 saturated carbocycles. The van der Waals surface area contributed by atoms with E-state index in [1.54, 1.807) is 0 Å². The van der Waals surface area contributed by atoms with Crippen LogP contribution in [0, 0.1) is 0 Å². The predicted molar refractivity (Wildman–Crippen MR) is 70.0 cm³/mol. The van der Waals surface area contributed by atoms with Gasteiger partial charge in [-0.15, -0.1) is 0 Å². The average Bonchev–Trinajstić information content (AvgIpc) is 2.29. The van der Waals surface area contributed by atoms with E-state index in [0.29, 0.717) is 0 Å². The minimum absolute atomic E-state index is 1.02. The van der Waals surface area contributed by atoms with E-state index in [9.17, 15) is 0 Å². The van der Waals surface area contributed by atoms with E-state index in [0.717, 1.165) is 9.52 Å². The Morgan fingerprint density at radius 2 is 1.53 bits per heavy atom. The topological polar surface area (TPSA) is 0 Å². The fourth-order valence-electron chi connectivity index (χ4n) is 1.69. The highest BCUT2D eigenvalue weighted by atomic mass is 28.2. The van der Waals surface area contributed by atoms with Gasteiger partial charge in [0.05, 0.1) is 9.52 Å². The van der Waals surface area contributed by atoms with Gasteiger partial charge < -0.3 is 0 Å². The van der Waals surface area contributed by atoms with Crippen molar-refractivity contribution in [2.45, 2.75) is 51.5 Å². The minimum Gasteiger partial charge on any atom is -0.0654 e. The van der Waals surface area contributed by atoms with E-state index in [4.69, 9.17) is 0 Å². The molecule has 1 aromatic carbocycles. The molecular weight excluding hydrogens is 196 g/mol. The first-order valence-corrected chi connectivity index (χ1v) is 7.43. The standard InChI is InChI=1S/C14H22Si/c1-2-3-4-5-6-10-13-15-14-11-8-7-9-12-14/h7-9,11-12H,2-6,10,13H2,1H3. The summed E-state index contributed by atoms with van der Waals surface area (Å²) < 4.78 is 0. The van der Waals surface area contributed by atoms with Crippen LogP contribution in [0.25, 0.3) is 0 Å². The second kappa shape index (κ2) is 8.72. The van der Waals surface area contributed by atoms with Crippen molar-refractivity contribution in [3.05, 3.63) is 30.3 Å². The zero-order chi connectivity index (χ0) is 10.8. The lowest BCUT2D eigenvalue weighted by atomic mass is 10.1. The summed E-state index contributed by atoms with van der Waals surface area (Å²) in [6.45, 7) is 2.27. The fraction of sp³-hybridized carbons (Fsp3) is 0.571. The first kappa shape index (κ1) is 12.5. The highest BCUT2D eigenvalue weighted by Gasteiger charge is 1.94. The second-order valence-corrected chi connectivity index (χ2v) is 5.49. The number of unbranched alkanes of at least 4 members (excludes halogenated alkanes) is 5. The van der Waals surface area contributed by atoms with Crippen LogP contribution in [-0.4, -0.2) is 9.52 Å². The van der Waals surface area contributed by atoms with Gasteiger partial charge in [0.1, 0.15) is 0 Å². The lowest BCUT2D eigenvalue weighted by molar-refractivity contribution is 0.624. The quantitative estimate of drug-likeness (QED) is 0.460. The molecule has 1 rings (SSSR count). The molecule has 1 aromatic rings. The van der Waals surface area contributed by atoms with E-state index in [2.05, 4.69) is 37.3 Å². The highest BCUT2D eigenvalue weighted by Crippen LogP contribution is 2.06. The largest absolute Gasteiger partial charge is 0.0807 e. The van der Waals surface area contributed by atoms with Gasteiger partial charge in [-0.3, -0.25) is 0 Å². The van der Waals surface area contributed by atoms with E-state index < -0.39 is 0 Å². The highest BCUT2D eigenvalue weighted by molar-refractivity contribution is 6.53. The molecule has 0 spiro atoms. The average molecular weight is 218 g/mol. The Balaban J connectivity index is 1.93. The molecule has 0 aliphatic heterocycles. The maximum Gasteiger partial charge on any atom is 0.0807 e. The Bertz CT molecular complexity index is 230. The van der Waals surface area contributed by atoms with Gasteiger partial charge >= 0.3 is 0 Å². The van der Waals surface area contributed by atoms with Crippen LogP contribution in [0.1, 0.15) is 45.4 Å². The molecule has 0 atom stereocenters. The molecule has 0 aromatic heterocycles. The fourth-order valence-corrected chi connectivity index (χ4v) is 2.84. The predicted octanol–water partition coefficient (Wildman–Crippen LogP) is 3.79. The van der Waals surface area contributed by atoms with Gasteiger partial charge in [-0.1, -0.05) is 87.0 Å². The maximum atomic E-state index is 2.27. The molecule has 0 amide bonds. The Morgan fingerprint density at radius 1 is 0.867 bits per heavy atom. The van der Waals surface area contributed by atoms with Gasteiger partial charge in [0, 0.05) is 0 Å². The Kier molecular flexibility index (Phi) is 7.27. The molecule has 2 radical (unpaired) electrons. The van der Waals surface area contributed by atoms with Crippen molar-refractivity contribution in [3.8, 4) is 0 Å². The lowest BCUT2D eigenvalue weighted by Crippen LogP contribution is -2.12. The summed E-state index contributed by atoms with van der Waals surface area (Å²) in [5, 5.41) is 1.52. The molecule has 0 bridgehead atoms. The van der Waals surface area contributed by atoms with Gasteiger partial charge in [-0.05, 0) is 0 Å². The summed E-state index contributed by atoms with van der Waals surface area (Å²) in [4.78, 5) is 0. The summed E-state index contributed by atoms with van der Waals surface area (Å²) in [6, 6.07) is 12.3. The number of rotatable bonds is 8. The summed E-state index contributed by atoms with van der Waals surface area (Å²) in [6.07, 6.45) is 8.49. The van der Waals surface area contributed by atoms with Crippen LogP contribution in [0.2, 0.25) is 6.04 Å². The SMILES string of the molecule is CCCCCCCC[Si]c1ccccc1. The molecule has 0 unspecified atom stereocenters. The van der Waals surface area contributed by atoms with Crippen LogP contribution in [0.4, 0.5) is 0 Å². The second-order valence-electron chi connectivity index (χ2n) is 4.06. The molecule has 0 N–H and O–H groups in total. The summed E-state index contributed by atoms with van der Waals surface area (Å²) in [7, 11) is 1.02. The molecule has 0 fully saturated rings. The van der Waals surface area contributed by atoms with Crippen molar-refractivity contribution in [2.24, 2.45) is 0 Å². The zero-order valence-corrected chi connectivity index (χ0v) is 10.8. The molecule has 0 aliphatic carbocycles. The van der Waals surface area contributed by atoms with Crippen LogP contribution in [0.15, 0.2) is 30.3 Å². The third-order valence-electron chi connectivity index (χ3n) is 2.63. The van der Waals surface area contributed by atoms with Gasteiger partial charge in [0.15, 0.2) is 0 Å². The first-order valence-electron chi connectivity index (χ1n) is 6.22. The van der Waals surface area contributed by atoms with Crippen LogP contribution in [0.5, 0.6) is 0 Å². The van der Waals surface area contributed by atoms with E-state index >= 15 is 0 Å². The summed E-state index contributed by atoms with van der Waals surface area (Å²) in [5.74, 6) is 0. The molecule has 1 heteroatoms. The third-order valence-corrected chi connectivity index (χ3v) is 3.98. The minimum atomic E-state index is 1.02. The monoisotopic (exact) mass is 218 g/mol. The normalized spacial score (nSPS) is 10.5. The number of hydrogen-bond acceptors (Lipinski definition) is 0. The van der Waals surface area contributed by atoms with Crippen LogP contribution >= 0.6 is 0 Å². The summed E-state index contributed by atoms with van der Waals surface area (Å²) >= 11 is 0. The Labute approximate surface area is 96.9 Å². The van der Waals surface area contributed by atoms with E-state index in [1.165, 1.54) is 49.8 Å². The molecule has 0 nitrogen and oxygen atoms in total.